The van der Waals surface area contributed by atoms with Crippen LogP contribution in [0.25, 0.3) is 0 Å². The summed E-state index contributed by atoms with van der Waals surface area (Å²) in [6.07, 6.45) is 0.509. The van der Waals surface area contributed by atoms with Gasteiger partial charge in [0.05, 0.1) is 11.5 Å². The molecule has 4 nitrogen and oxygen atoms in total. The van der Waals surface area contributed by atoms with Crippen LogP contribution in [0, 0.1) is 0 Å². The number of carbonyl (C=O) groups is 1. The van der Waals surface area contributed by atoms with Gasteiger partial charge in [0.25, 0.3) is 5.24 Å². The maximum atomic E-state index is 10.8. The van der Waals surface area contributed by atoms with Gasteiger partial charge in [0.15, 0.2) is 9.84 Å². The zero-order chi connectivity index (χ0) is 8.48. The molecule has 0 aliphatic carbocycles. The Kier molecular flexibility index (Phi) is 2.43. The molecule has 0 aromatic rings. The standard InChI is InChI=1S/C5H9NO3S2/c7-5(10)6-4-1-2-11(8,9)3-4/h4H,1-3H2,(H2,6,7,10)/t4-/m0/s1. The summed E-state index contributed by atoms with van der Waals surface area (Å²) in [6.45, 7) is 0. The van der Waals surface area contributed by atoms with Crippen LogP contribution in [-0.2, 0) is 9.84 Å². The van der Waals surface area contributed by atoms with Crippen molar-refractivity contribution in [3.05, 3.63) is 0 Å². The molecule has 1 heterocycles. The summed E-state index contributed by atoms with van der Waals surface area (Å²) in [4.78, 5) is 10.4. The fourth-order valence-electron chi connectivity index (χ4n) is 1.08. The summed E-state index contributed by atoms with van der Waals surface area (Å²) < 4.78 is 21.7. The van der Waals surface area contributed by atoms with E-state index < -0.39 is 15.1 Å². The van der Waals surface area contributed by atoms with Gasteiger partial charge in [-0.15, -0.1) is 0 Å². The third-order valence-corrected chi connectivity index (χ3v) is 3.46. The van der Waals surface area contributed by atoms with E-state index in [9.17, 15) is 13.2 Å². The first-order chi connectivity index (χ1) is 4.99. The van der Waals surface area contributed by atoms with Gasteiger partial charge < -0.3 is 5.32 Å². The molecule has 6 heteroatoms. The molecule has 11 heavy (non-hydrogen) atoms. The Morgan fingerprint density at radius 3 is 2.55 bits per heavy atom. The number of amides is 1. The van der Waals surface area contributed by atoms with Crippen LogP contribution in [-0.4, -0.2) is 31.2 Å². The molecule has 1 rings (SSSR count). The topological polar surface area (TPSA) is 63.2 Å². The molecule has 1 aliphatic rings. The van der Waals surface area contributed by atoms with Crippen molar-refractivity contribution in [3.8, 4) is 0 Å². The molecule has 1 saturated heterocycles. The number of nitrogens with one attached hydrogen (secondary N) is 1. The van der Waals surface area contributed by atoms with Gasteiger partial charge in [0.1, 0.15) is 0 Å². The first kappa shape index (κ1) is 8.86. The Balaban J connectivity index is 2.49. The third-order valence-electron chi connectivity index (χ3n) is 1.56. The third kappa shape index (κ3) is 2.70. The highest BCUT2D eigenvalue weighted by molar-refractivity contribution is 7.96. The van der Waals surface area contributed by atoms with E-state index in [1.165, 1.54) is 0 Å². The van der Waals surface area contributed by atoms with Crippen molar-refractivity contribution in [2.45, 2.75) is 12.5 Å². The van der Waals surface area contributed by atoms with Crippen molar-refractivity contribution in [3.63, 3.8) is 0 Å². The largest absolute Gasteiger partial charge is 0.343 e. The number of rotatable bonds is 1. The molecule has 1 fully saturated rings. The quantitative estimate of drug-likeness (QED) is 0.570. The van der Waals surface area contributed by atoms with Crippen LogP contribution in [0.3, 0.4) is 0 Å². The van der Waals surface area contributed by atoms with Gasteiger partial charge in [-0.1, -0.05) is 12.6 Å². The molecule has 1 atom stereocenters. The number of thiol groups is 1. The Bertz CT molecular complexity index is 259. The van der Waals surface area contributed by atoms with E-state index in [1.54, 1.807) is 0 Å². The van der Waals surface area contributed by atoms with Gasteiger partial charge in [-0.25, -0.2) is 8.42 Å². The fraction of sp³-hybridized carbons (Fsp3) is 0.800. The van der Waals surface area contributed by atoms with Crippen molar-refractivity contribution in [2.24, 2.45) is 0 Å². The van der Waals surface area contributed by atoms with Crippen LogP contribution < -0.4 is 5.32 Å². The van der Waals surface area contributed by atoms with Crippen LogP contribution >= 0.6 is 12.6 Å². The van der Waals surface area contributed by atoms with Gasteiger partial charge >= 0.3 is 0 Å². The molecule has 0 radical (unpaired) electrons. The maximum absolute atomic E-state index is 10.8. The zero-order valence-electron chi connectivity index (χ0n) is 5.78. The first-order valence-corrected chi connectivity index (χ1v) is 5.46. The van der Waals surface area contributed by atoms with Crippen LogP contribution in [0.2, 0.25) is 0 Å². The minimum Gasteiger partial charge on any atom is -0.343 e. The van der Waals surface area contributed by atoms with E-state index in [0.29, 0.717) is 6.42 Å². The van der Waals surface area contributed by atoms with Crippen molar-refractivity contribution >= 4 is 27.7 Å². The minimum absolute atomic E-state index is 0.0549. The zero-order valence-corrected chi connectivity index (χ0v) is 7.49. The monoisotopic (exact) mass is 195 g/mol. The maximum Gasteiger partial charge on any atom is 0.276 e. The molecule has 1 aliphatic heterocycles. The summed E-state index contributed by atoms with van der Waals surface area (Å²) in [6, 6.07) is -0.231. The molecular formula is C5H9NO3S2. The second-order valence-corrected chi connectivity index (χ2v) is 5.18. The van der Waals surface area contributed by atoms with Crippen LogP contribution in [0.4, 0.5) is 4.79 Å². The highest BCUT2D eigenvalue weighted by atomic mass is 32.2. The Morgan fingerprint density at radius 1 is 1.55 bits per heavy atom. The summed E-state index contributed by atoms with van der Waals surface area (Å²) in [5, 5.41) is 1.98. The molecule has 64 valence electrons. The van der Waals surface area contributed by atoms with Gasteiger partial charge in [-0.3, -0.25) is 4.79 Å². The van der Waals surface area contributed by atoms with Crippen molar-refractivity contribution < 1.29 is 13.2 Å². The first-order valence-electron chi connectivity index (χ1n) is 3.19. The van der Waals surface area contributed by atoms with E-state index in [-0.39, 0.29) is 17.5 Å². The van der Waals surface area contributed by atoms with Crippen LogP contribution in [0.15, 0.2) is 0 Å². The molecule has 0 spiro atoms. The smallest absolute Gasteiger partial charge is 0.276 e. The van der Waals surface area contributed by atoms with Crippen LogP contribution in [0.5, 0.6) is 0 Å². The number of sulfone groups is 1. The van der Waals surface area contributed by atoms with Gasteiger partial charge in [-0.05, 0) is 6.42 Å². The van der Waals surface area contributed by atoms with Crippen molar-refractivity contribution in [1.82, 2.24) is 5.32 Å². The second kappa shape index (κ2) is 3.02. The Morgan fingerprint density at radius 2 is 2.18 bits per heavy atom. The van der Waals surface area contributed by atoms with Gasteiger partial charge in [0, 0.05) is 6.04 Å². The average molecular weight is 195 g/mol. The lowest BCUT2D eigenvalue weighted by atomic mass is 10.3. The normalized spacial score (nSPS) is 28.3. The summed E-state index contributed by atoms with van der Waals surface area (Å²) in [5.41, 5.74) is 0. The number of hydrogen-bond acceptors (Lipinski definition) is 3. The summed E-state index contributed by atoms with van der Waals surface area (Å²) >= 11 is 3.49. The lowest BCUT2D eigenvalue weighted by Gasteiger charge is -2.05. The molecule has 0 aromatic heterocycles. The van der Waals surface area contributed by atoms with E-state index >= 15 is 0 Å². The second-order valence-electron chi connectivity index (χ2n) is 2.55. The molecular weight excluding hydrogens is 186 g/mol. The predicted octanol–water partition coefficient (Wildman–Crippen LogP) is -0.187. The highest BCUT2D eigenvalue weighted by Gasteiger charge is 2.28. The Labute approximate surface area is 70.7 Å². The molecule has 1 amide bonds. The van der Waals surface area contributed by atoms with Crippen molar-refractivity contribution in [1.29, 1.82) is 0 Å². The van der Waals surface area contributed by atoms with Crippen molar-refractivity contribution in [2.75, 3.05) is 11.5 Å². The lowest BCUT2D eigenvalue weighted by Crippen LogP contribution is -2.31. The molecule has 0 aromatic carbocycles. The summed E-state index contributed by atoms with van der Waals surface area (Å²) in [7, 11) is -2.89. The SMILES string of the molecule is O=C(S)N[C@H]1CCS(=O)(=O)C1. The van der Waals surface area contributed by atoms with E-state index in [2.05, 4.69) is 17.9 Å². The van der Waals surface area contributed by atoms with E-state index in [1.807, 2.05) is 0 Å². The molecule has 1 N–H and O–H groups in total. The van der Waals surface area contributed by atoms with Gasteiger partial charge in [0.2, 0.25) is 0 Å². The highest BCUT2D eigenvalue weighted by Crippen LogP contribution is 2.11. The molecule has 0 unspecified atom stereocenters. The number of carbonyl (C=O) groups excluding carboxylic acids is 1. The van der Waals surface area contributed by atoms with E-state index in [0.717, 1.165) is 0 Å². The summed E-state index contributed by atoms with van der Waals surface area (Å²) in [5.74, 6) is 0.227. The molecule has 0 bridgehead atoms. The average Bonchev–Trinajstić information content (AvgIpc) is 2.08. The van der Waals surface area contributed by atoms with Gasteiger partial charge in [-0.2, -0.15) is 0 Å². The molecule has 0 saturated carbocycles. The number of hydrogen-bond donors (Lipinski definition) is 2. The predicted molar refractivity (Wildman–Crippen MR) is 44.6 cm³/mol. The Hall–Kier alpha value is -0.230. The fourth-order valence-corrected chi connectivity index (χ4v) is 2.94. The van der Waals surface area contributed by atoms with E-state index in [4.69, 9.17) is 0 Å². The van der Waals surface area contributed by atoms with Crippen LogP contribution in [0.1, 0.15) is 6.42 Å². The lowest BCUT2D eigenvalue weighted by molar-refractivity contribution is 0.258. The minimum atomic E-state index is -2.89.